The molecule has 0 saturated heterocycles. The maximum atomic E-state index is 6.54. The summed E-state index contributed by atoms with van der Waals surface area (Å²) >= 11 is 4.93. The number of nitrogens with one attached hydrogen (secondary N) is 1. The molecule has 2 aliphatic heterocycles. The van der Waals surface area contributed by atoms with E-state index in [1.807, 2.05) is 133 Å². The zero-order valence-corrected chi connectivity index (χ0v) is 31.1. The van der Waals surface area contributed by atoms with Gasteiger partial charge in [0, 0.05) is 22.4 Å². The maximum absolute atomic E-state index is 6.54. The fraction of sp³-hybridized carbons (Fsp3) is 0. The van der Waals surface area contributed by atoms with Gasteiger partial charge < -0.3 is 5.73 Å². The van der Waals surface area contributed by atoms with Gasteiger partial charge in [-0.1, -0.05) is 30.6 Å². The summed E-state index contributed by atoms with van der Waals surface area (Å²) in [5.41, 5.74) is 20.8. The molecule has 3 N–H and O–H groups in total. The molecule has 0 spiro atoms. The van der Waals surface area contributed by atoms with Gasteiger partial charge in [0.05, 0.1) is 0 Å². The van der Waals surface area contributed by atoms with Gasteiger partial charge >= 0.3 is 242 Å². The summed E-state index contributed by atoms with van der Waals surface area (Å²) < 4.78 is 0.725. The monoisotopic (exact) mass is 759 g/mol. The molecule has 4 nitrogen and oxygen atoms in total. The number of aliphatic imine (C=N–C) groups is 2. The van der Waals surface area contributed by atoms with Crippen LogP contribution in [0.2, 0.25) is 0 Å². The fourth-order valence-electron chi connectivity index (χ4n) is 6.44. The van der Waals surface area contributed by atoms with Crippen molar-refractivity contribution in [2.45, 2.75) is 0 Å². The summed E-state index contributed by atoms with van der Waals surface area (Å²) in [5.74, 6) is 10.7. The molecule has 2 aliphatic rings. The molecule has 0 unspecified atom stereocenters. The van der Waals surface area contributed by atoms with E-state index >= 15 is 0 Å². The van der Waals surface area contributed by atoms with Crippen LogP contribution in [0.5, 0.6) is 0 Å². The third kappa shape index (κ3) is 7.42. The molecule has 1 aromatic heterocycles. The van der Waals surface area contributed by atoms with Crippen molar-refractivity contribution in [3.63, 3.8) is 0 Å². The van der Waals surface area contributed by atoms with Crippen LogP contribution in [0.1, 0.15) is 55.9 Å². The summed E-state index contributed by atoms with van der Waals surface area (Å²) in [6, 6.07) is 35.1. The molecular formula is C51H32CoN4. The topological polar surface area (TPSA) is 66.5 Å². The first-order valence-electron chi connectivity index (χ1n) is 17.5. The van der Waals surface area contributed by atoms with Crippen molar-refractivity contribution in [3.8, 4) is 49.4 Å². The van der Waals surface area contributed by atoms with Gasteiger partial charge in [-0.15, -0.1) is 12.8 Å². The quantitative estimate of drug-likeness (QED) is 0.115. The van der Waals surface area contributed by atoms with E-state index in [1.165, 1.54) is 0 Å². The number of aromatic amines is 1. The fourth-order valence-corrected chi connectivity index (χ4v) is 6.76. The van der Waals surface area contributed by atoms with Gasteiger partial charge in [-0.05, 0) is 23.8 Å². The van der Waals surface area contributed by atoms with Crippen molar-refractivity contribution in [2.75, 3.05) is 0 Å². The Labute approximate surface area is 335 Å². The predicted molar refractivity (Wildman–Crippen MR) is 229 cm³/mol. The Morgan fingerprint density at radius 2 is 0.911 bits per heavy atom. The van der Waals surface area contributed by atoms with Crippen LogP contribution in [-0.4, -0.2) is 20.9 Å². The molecule has 0 bridgehead atoms. The molecule has 4 aromatic carbocycles. The number of H-pyrrole nitrogens is 1. The Hall–Kier alpha value is -7.64. The molecule has 5 aromatic rings. The van der Waals surface area contributed by atoms with Gasteiger partial charge in [-0.2, -0.15) is 0 Å². The Morgan fingerprint density at radius 1 is 0.536 bits per heavy atom. The molecule has 0 radical (unpaired) electrons. The Morgan fingerprint density at radius 3 is 1.32 bits per heavy atom. The molecule has 5 heteroatoms. The zero-order valence-electron chi connectivity index (χ0n) is 30.1. The predicted octanol–water partition coefficient (Wildman–Crippen LogP) is 8.80. The standard InChI is InChI=1S/C51H32N4.Co/c1-6-34-11-13-38(14-12-34)33-42-27-28-45(53-42)50(40-23-17-36(8-3)18-24-40)46-31-32-48(55-46)51(41-25-19-37(9-4)20-26-41)47-30-29-44(54-47)49(43(52)10-5)39-21-15-35(7-2)16-22-39;/h1-4,10-32,55H,5,52H2;/b49-43-,50-45-,51-47-;. The van der Waals surface area contributed by atoms with Crippen molar-refractivity contribution in [1.29, 1.82) is 0 Å². The molecule has 0 atom stereocenters. The van der Waals surface area contributed by atoms with E-state index in [0.29, 0.717) is 11.4 Å². The first-order valence-corrected chi connectivity index (χ1v) is 18.0. The first-order chi connectivity index (χ1) is 27.3. The van der Waals surface area contributed by atoms with Gasteiger partial charge in [-0.25, -0.2) is 0 Å². The van der Waals surface area contributed by atoms with E-state index in [4.69, 9.17) is 56.7 Å². The van der Waals surface area contributed by atoms with E-state index in [1.54, 1.807) is 6.08 Å². The molecular weight excluding hydrogens is 728 g/mol. The van der Waals surface area contributed by atoms with Crippen LogP contribution in [0.3, 0.4) is 0 Å². The van der Waals surface area contributed by atoms with Crippen LogP contribution in [0, 0.1) is 49.4 Å². The summed E-state index contributed by atoms with van der Waals surface area (Å²) in [6.45, 7) is 3.93. The number of hydrogen-bond acceptors (Lipinski definition) is 3. The minimum atomic E-state index is 0.493. The van der Waals surface area contributed by atoms with Gasteiger partial charge in [0.15, 0.2) is 0 Å². The van der Waals surface area contributed by atoms with E-state index in [9.17, 15) is 0 Å². The number of nitrogens with zero attached hydrogens (tertiary/aromatic N) is 2. The minimum absolute atomic E-state index is 0.493. The summed E-state index contributed by atoms with van der Waals surface area (Å²) in [6.07, 6.45) is 32.2. The van der Waals surface area contributed by atoms with Crippen LogP contribution in [-0.2, 0) is 15.3 Å². The average Bonchev–Trinajstić information content (AvgIpc) is 4.05. The molecule has 265 valence electrons. The van der Waals surface area contributed by atoms with Gasteiger partial charge in [0.2, 0.25) is 0 Å². The summed E-state index contributed by atoms with van der Waals surface area (Å²) in [4.78, 5) is 13.9. The second-order valence-electron chi connectivity index (χ2n) is 12.7. The molecule has 0 fully saturated rings. The number of allylic oxidation sites excluding steroid dienone is 6. The van der Waals surface area contributed by atoms with Crippen molar-refractivity contribution in [1.82, 2.24) is 4.98 Å². The summed E-state index contributed by atoms with van der Waals surface area (Å²) in [5, 5.41) is 0. The SMILES string of the molecule is C#Cc1ccc([C](=[Co])C2=N/C(=C(/c3ccc(C#C)cc3)c3ccc(/C(=C4/C=CC(C(=C(\N)C=C)/c5ccc(C#C)cc5)=N4)c4ccc(C#C)cc4)[nH]3)C=C2)cc1. The van der Waals surface area contributed by atoms with Crippen LogP contribution in [0.25, 0.3) is 16.7 Å². The third-order valence-electron chi connectivity index (χ3n) is 9.31. The number of aromatic nitrogens is 1. The Bertz CT molecular complexity index is 2820. The van der Waals surface area contributed by atoms with E-state index in [2.05, 4.69) is 35.2 Å². The number of nitrogens with two attached hydrogens (primary N) is 1. The Kier molecular flexibility index (Phi) is 10.6. The van der Waals surface area contributed by atoms with Crippen LogP contribution < -0.4 is 5.73 Å². The van der Waals surface area contributed by atoms with Gasteiger partial charge in [0.1, 0.15) is 0 Å². The van der Waals surface area contributed by atoms with Crippen LogP contribution >= 0.6 is 0 Å². The third-order valence-corrected chi connectivity index (χ3v) is 9.88. The van der Waals surface area contributed by atoms with Crippen molar-refractivity contribution in [2.24, 2.45) is 15.7 Å². The molecule has 0 saturated carbocycles. The molecule has 0 aliphatic carbocycles. The first kappa shape index (κ1) is 36.7. The zero-order chi connectivity index (χ0) is 39.2. The molecule has 3 heterocycles. The Balaban J connectivity index is 1.37. The average molecular weight is 760 g/mol. The molecule has 7 rings (SSSR count). The van der Waals surface area contributed by atoms with E-state index in [0.717, 1.165) is 94.2 Å². The summed E-state index contributed by atoms with van der Waals surface area (Å²) in [7, 11) is 0. The van der Waals surface area contributed by atoms with E-state index in [-0.39, 0.29) is 0 Å². The number of benzene rings is 4. The molecule has 0 amide bonds. The van der Waals surface area contributed by atoms with Crippen molar-refractivity contribution >= 4 is 32.6 Å². The number of rotatable bonds is 9. The van der Waals surface area contributed by atoms with Crippen LogP contribution in [0.15, 0.2) is 173 Å². The number of terminal acetylenes is 4. The second-order valence-corrected chi connectivity index (χ2v) is 13.2. The van der Waals surface area contributed by atoms with Crippen LogP contribution in [0.4, 0.5) is 0 Å². The van der Waals surface area contributed by atoms with E-state index < -0.39 is 0 Å². The molecule has 56 heavy (non-hydrogen) atoms. The normalized spacial score (nSPS) is 15.0. The number of hydrogen-bond donors (Lipinski definition) is 2. The van der Waals surface area contributed by atoms with Crippen molar-refractivity contribution in [3.05, 3.63) is 219 Å². The van der Waals surface area contributed by atoms with Gasteiger partial charge in [-0.3, -0.25) is 0 Å². The second kappa shape index (κ2) is 16.2. The van der Waals surface area contributed by atoms with Gasteiger partial charge in [0.25, 0.3) is 0 Å². The van der Waals surface area contributed by atoms with Crippen molar-refractivity contribution < 1.29 is 15.3 Å².